The second-order valence-electron chi connectivity index (χ2n) is 13.0. The molecule has 3 saturated carbocycles. The number of esters is 1. The molecule has 1 N–H and O–H groups in total. The van der Waals surface area contributed by atoms with Crippen molar-refractivity contribution in [3.05, 3.63) is 11.6 Å². The number of ketones is 2. The average molecular weight is 473 g/mol. The van der Waals surface area contributed by atoms with Crippen LogP contribution in [0.15, 0.2) is 11.6 Å². The predicted molar refractivity (Wildman–Crippen MR) is 131 cm³/mol. The van der Waals surface area contributed by atoms with Crippen molar-refractivity contribution in [2.45, 2.75) is 111 Å². The molecule has 8 atom stereocenters. The van der Waals surface area contributed by atoms with Gasteiger partial charge in [-0.05, 0) is 80.0 Å². The molecule has 4 aliphatic rings. The zero-order valence-electron chi connectivity index (χ0n) is 22.0. The van der Waals surface area contributed by atoms with E-state index in [1.807, 2.05) is 20.8 Å². The maximum atomic E-state index is 13.5. The minimum atomic E-state index is -1.02. The van der Waals surface area contributed by atoms with Gasteiger partial charge in [-0.2, -0.15) is 0 Å². The summed E-state index contributed by atoms with van der Waals surface area (Å²) in [5.74, 6) is 1.05. The van der Waals surface area contributed by atoms with Gasteiger partial charge in [-0.15, -0.1) is 0 Å². The largest absolute Gasteiger partial charge is 0.463 e. The van der Waals surface area contributed by atoms with E-state index in [4.69, 9.17) is 4.74 Å². The number of ether oxygens (including phenoxy) is 1. The van der Waals surface area contributed by atoms with E-state index in [9.17, 15) is 19.5 Å². The quantitative estimate of drug-likeness (QED) is 0.412. The number of hydrogen-bond donors (Lipinski definition) is 1. The van der Waals surface area contributed by atoms with Crippen molar-refractivity contribution in [3.63, 3.8) is 0 Å². The van der Waals surface area contributed by atoms with E-state index in [0.29, 0.717) is 36.9 Å². The lowest BCUT2D eigenvalue weighted by Gasteiger charge is -2.56. The van der Waals surface area contributed by atoms with E-state index in [1.54, 1.807) is 0 Å². The smallest absolute Gasteiger partial charge is 0.302 e. The van der Waals surface area contributed by atoms with Gasteiger partial charge in [0.1, 0.15) is 17.7 Å². The van der Waals surface area contributed by atoms with E-state index in [1.165, 1.54) is 12.5 Å². The normalized spacial score (nSPS) is 41.1. The van der Waals surface area contributed by atoms with Gasteiger partial charge >= 0.3 is 5.97 Å². The van der Waals surface area contributed by atoms with Gasteiger partial charge in [-0.25, -0.2) is 0 Å². The Labute approximate surface area is 205 Å². The van der Waals surface area contributed by atoms with Crippen molar-refractivity contribution < 1.29 is 24.2 Å². The molecular formula is C29H44O5. The van der Waals surface area contributed by atoms with Crippen LogP contribution < -0.4 is 0 Å². The summed E-state index contributed by atoms with van der Waals surface area (Å²) in [5.41, 5.74) is 0.158. The number of rotatable bonds is 6. The molecule has 0 aromatic rings. The molecule has 0 amide bonds. The first-order chi connectivity index (χ1) is 15.8. The van der Waals surface area contributed by atoms with Crippen LogP contribution in [0.5, 0.6) is 0 Å². The van der Waals surface area contributed by atoms with Crippen LogP contribution in [0.1, 0.15) is 99.3 Å². The summed E-state index contributed by atoms with van der Waals surface area (Å²) < 4.78 is 5.50. The molecule has 0 aromatic carbocycles. The Balaban J connectivity index is 1.57. The first-order valence-corrected chi connectivity index (χ1v) is 13.4. The highest BCUT2D eigenvalue weighted by molar-refractivity contribution is 5.85. The van der Waals surface area contributed by atoms with E-state index in [-0.39, 0.29) is 52.9 Å². The molecule has 5 nitrogen and oxygen atoms in total. The lowest BCUT2D eigenvalue weighted by atomic mass is 9.48. The second kappa shape index (κ2) is 8.87. The molecule has 0 saturated heterocycles. The van der Waals surface area contributed by atoms with E-state index >= 15 is 0 Å². The van der Waals surface area contributed by atoms with Crippen LogP contribution >= 0.6 is 0 Å². The minimum Gasteiger partial charge on any atom is -0.463 e. The molecule has 0 heterocycles. The van der Waals surface area contributed by atoms with Crippen molar-refractivity contribution >= 4 is 17.5 Å². The molecule has 4 aliphatic carbocycles. The molecule has 0 aliphatic heterocycles. The van der Waals surface area contributed by atoms with Crippen molar-refractivity contribution in [2.75, 3.05) is 0 Å². The first kappa shape index (κ1) is 25.6. The van der Waals surface area contributed by atoms with Crippen LogP contribution in [-0.2, 0) is 19.1 Å². The van der Waals surface area contributed by atoms with Gasteiger partial charge in [0, 0.05) is 32.1 Å². The fourth-order valence-corrected chi connectivity index (χ4v) is 8.71. The molecule has 0 bridgehead atoms. The summed E-state index contributed by atoms with van der Waals surface area (Å²) in [4.78, 5) is 37.6. The Morgan fingerprint density at radius 3 is 2.59 bits per heavy atom. The molecule has 0 unspecified atom stereocenters. The average Bonchev–Trinajstić information content (AvgIpc) is 3.06. The SMILES string of the molecule is CC(=O)O[C@H]1CC[C@]2(C)C3=CC[C@@]4(C)[C@@H](CC[C@@H]4[C@@](C)(O)CC(=O)CC(C)C)[C@@H]3CC(=O)[C@H]2C1. The van der Waals surface area contributed by atoms with Gasteiger partial charge in [0.25, 0.3) is 0 Å². The monoisotopic (exact) mass is 472 g/mol. The van der Waals surface area contributed by atoms with Gasteiger partial charge in [0.15, 0.2) is 0 Å². The van der Waals surface area contributed by atoms with Crippen molar-refractivity contribution in [1.82, 2.24) is 0 Å². The Morgan fingerprint density at radius 1 is 1.24 bits per heavy atom. The predicted octanol–water partition coefficient (Wildman–Crippen LogP) is 5.43. The first-order valence-electron chi connectivity index (χ1n) is 13.4. The molecule has 190 valence electrons. The summed E-state index contributed by atoms with van der Waals surface area (Å²) >= 11 is 0. The summed E-state index contributed by atoms with van der Waals surface area (Å²) in [6.07, 6.45) is 8.65. The molecule has 0 aromatic heterocycles. The Kier molecular flexibility index (Phi) is 6.68. The standard InChI is InChI=1S/C29H44O5/c1-17(2)13-19(31)16-29(6,33)26-8-7-22-21-15-25(32)24-14-20(34-18(3)30)9-11-27(24,4)23(21)10-12-28(22,26)5/h10,17,20-22,24,26,33H,7-9,11-16H2,1-6H3/t20-,21-,22-,24+,26-,27+,28-,29-/m0/s1. The summed E-state index contributed by atoms with van der Waals surface area (Å²) in [6, 6.07) is 0. The number of carbonyl (C=O) groups is 3. The number of aliphatic hydroxyl groups is 1. The fraction of sp³-hybridized carbons (Fsp3) is 0.828. The Morgan fingerprint density at radius 2 is 1.94 bits per heavy atom. The van der Waals surface area contributed by atoms with Gasteiger partial charge in [-0.1, -0.05) is 39.3 Å². The second-order valence-corrected chi connectivity index (χ2v) is 13.0. The summed E-state index contributed by atoms with van der Waals surface area (Å²) in [5, 5.41) is 11.5. The Bertz CT molecular complexity index is 885. The zero-order chi connectivity index (χ0) is 25.1. The van der Waals surface area contributed by atoms with Crippen LogP contribution in [-0.4, -0.2) is 34.3 Å². The van der Waals surface area contributed by atoms with Crippen LogP contribution in [0.3, 0.4) is 0 Å². The molecule has 3 fully saturated rings. The highest BCUT2D eigenvalue weighted by Crippen LogP contribution is 2.66. The number of carbonyl (C=O) groups excluding carboxylic acids is 3. The highest BCUT2D eigenvalue weighted by atomic mass is 16.5. The topological polar surface area (TPSA) is 80.7 Å². The van der Waals surface area contributed by atoms with Crippen LogP contribution in [0, 0.1) is 40.4 Å². The van der Waals surface area contributed by atoms with Gasteiger partial charge < -0.3 is 9.84 Å². The number of hydrogen-bond acceptors (Lipinski definition) is 5. The maximum absolute atomic E-state index is 13.5. The third kappa shape index (κ3) is 4.31. The van der Waals surface area contributed by atoms with Crippen molar-refractivity contribution in [1.29, 1.82) is 0 Å². The molecule has 5 heteroatoms. The van der Waals surface area contributed by atoms with Gasteiger partial charge in [-0.3, -0.25) is 14.4 Å². The molecule has 0 radical (unpaired) electrons. The van der Waals surface area contributed by atoms with Crippen molar-refractivity contribution in [3.8, 4) is 0 Å². The number of Topliss-reactive ketones (excluding diaryl/α,β-unsaturated/α-hetero) is 2. The van der Waals surface area contributed by atoms with Gasteiger partial charge in [0.05, 0.1) is 5.60 Å². The van der Waals surface area contributed by atoms with Crippen LogP contribution in [0.2, 0.25) is 0 Å². The third-order valence-corrected chi connectivity index (χ3v) is 10.1. The van der Waals surface area contributed by atoms with E-state index in [2.05, 4.69) is 19.9 Å². The van der Waals surface area contributed by atoms with Gasteiger partial charge in [0.2, 0.25) is 0 Å². The molecule has 4 rings (SSSR count). The lowest BCUT2D eigenvalue weighted by Crippen LogP contribution is -2.54. The van der Waals surface area contributed by atoms with Crippen molar-refractivity contribution in [2.24, 2.45) is 40.4 Å². The van der Waals surface area contributed by atoms with E-state index in [0.717, 1.165) is 32.1 Å². The fourth-order valence-electron chi connectivity index (χ4n) is 8.71. The van der Waals surface area contributed by atoms with Crippen LogP contribution in [0.4, 0.5) is 0 Å². The molecular weight excluding hydrogens is 428 g/mol. The third-order valence-electron chi connectivity index (χ3n) is 10.1. The highest BCUT2D eigenvalue weighted by Gasteiger charge is 2.61. The molecule has 0 spiro atoms. The lowest BCUT2D eigenvalue weighted by molar-refractivity contribution is -0.155. The van der Waals surface area contributed by atoms with E-state index < -0.39 is 5.60 Å². The summed E-state index contributed by atoms with van der Waals surface area (Å²) in [6.45, 7) is 11.9. The molecule has 34 heavy (non-hydrogen) atoms. The van der Waals surface area contributed by atoms with Crippen LogP contribution in [0.25, 0.3) is 0 Å². The maximum Gasteiger partial charge on any atom is 0.302 e. The number of fused-ring (bicyclic) bond motifs is 5. The number of allylic oxidation sites excluding steroid dienone is 2. The Hall–Kier alpha value is -1.49. The zero-order valence-corrected chi connectivity index (χ0v) is 22.0. The summed E-state index contributed by atoms with van der Waals surface area (Å²) in [7, 11) is 0. The minimum absolute atomic E-state index is 0.0549.